The number of nitrogens with one attached hydrogen (secondary N) is 1. The lowest BCUT2D eigenvalue weighted by atomic mass is 9.97. The molecular weight excluding hydrogens is 324 g/mol. The minimum absolute atomic E-state index is 0.0448. The maximum atomic E-state index is 12.1. The van der Waals surface area contributed by atoms with Crippen LogP contribution in [0.15, 0.2) is 35.9 Å². The first-order chi connectivity index (χ1) is 11.6. The Hall–Kier alpha value is -1.81. The van der Waals surface area contributed by atoms with Crippen LogP contribution in [0.2, 0.25) is 5.02 Å². The third-order valence-corrected chi connectivity index (χ3v) is 4.52. The molecule has 0 aromatic heterocycles. The van der Waals surface area contributed by atoms with E-state index in [9.17, 15) is 9.59 Å². The van der Waals surface area contributed by atoms with Crippen molar-refractivity contribution in [2.75, 3.05) is 19.6 Å². The summed E-state index contributed by atoms with van der Waals surface area (Å²) in [5.41, 5.74) is 1.99. The molecule has 0 fully saturated rings. The van der Waals surface area contributed by atoms with Gasteiger partial charge in [0.05, 0.1) is 0 Å². The molecule has 0 radical (unpaired) electrons. The molecule has 1 N–H and O–H groups in total. The van der Waals surface area contributed by atoms with Gasteiger partial charge in [-0.25, -0.2) is 0 Å². The van der Waals surface area contributed by atoms with Gasteiger partial charge in [-0.3, -0.25) is 9.59 Å². The predicted molar refractivity (Wildman–Crippen MR) is 97.2 cm³/mol. The monoisotopic (exact) mass is 348 g/mol. The zero-order valence-corrected chi connectivity index (χ0v) is 14.9. The lowest BCUT2D eigenvalue weighted by Gasteiger charge is -2.23. The molecule has 24 heavy (non-hydrogen) atoms. The maximum absolute atomic E-state index is 12.1. The van der Waals surface area contributed by atoms with Gasteiger partial charge in [0.25, 0.3) is 5.91 Å². The van der Waals surface area contributed by atoms with Gasteiger partial charge in [0, 0.05) is 37.1 Å². The van der Waals surface area contributed by atoms with Crippen LogP contribution in [0.5, 0.6) is 0 Å². The van der Waals surface area contributed by atoms with Gasteiger partial charge in [-0.1, -0.05) is 29.3 Å². The van der Waals surface area contributed by atoms with Gasteiger partial charge in [0.2, 0.25) is 5.91 Å². The number of benzene rings is 1. The van der Waals surface area contributed by atoms with Crippen LogP contribution in [0.25, 0.3) is 0 Å². The molecule has 0 saturated heterocycles. The number of allylic oxidation sites excluding steroid dienone is 1. The topological polar surface area (TPSA) is 49.4 Å². The third kappa shape index (κ3) is 6.00. The summed E-state index contributed by atoms with van der Waals surface area (Å²) in [6, 6.07) is 6.83. The van der Waals surface area contributed by atoms with Crippen LogP contribution in [-0.2, 0) is 4.79 Å². The van der Waals surface area contributed by atoms with Crippen molar-refractivity contribution in [3.63, 3.8) is 0 Å². The molecule has 0 spiro atoms. The Morgan fingerprint density at radius 1 is 1.25 bits per heavy atom. The molecule has 1 aliphatic rings. The van der Waals surface area contributed by atoms with E-state index in [2.05, 4.69) is 11.4 Å². The lowest BCUT2D eigenvalue weighted by molar-refractivity contribution is -0.128. The van der Waals surface area contributed by atoms with E-state index >= 15 is 0 Å². The Balaban J connectivity index is 1.77. The van der Waals surface area contributed by atoms with E-state index in [0.29, 0.717) is 30.2 Å². The Morgan fingerprint density at radius 2 is 2.08 bits per heavy atom. The standard InChI is InChI=1S/C19H25ClN2O2/c1-15(23)22(12-10-16-6-3-2-4-7-16)13-11-21-19(24)17-8-5-9-18(20)14-17/h5-6,8-9,14H,2-4,7,10-13H2,1H3,(H,21,24). The number of carbonyl (C=O) groups is 2. The molecular formula is C19H25ClN2O2. The average Bonchev–Trinajstić information content (AvgIpc) is 2.58. The van der Waals surface area contributed by atoms with Gasteiger partial charge in [-0.2, -0.15) is 0 Å². The molecule has 1 aromatic carbocycles. The second-order valence-corrected chi connectivity index (χ2v) is 6.57. The number of hydrogen-bond donors (Lipinski definition) is 1. The molecule has 130 valence electrons. The number of amides is 2. The Bertz CT molecular complexity index is 613. The summed E-state index contributed by atoms with van der Waals surface area (Å²) >= 11 is 5.89. The third-order valence-electron chi connectivity index (χ3n) is 4.29. The smallest absolute Gasteiger partial charge is 0.251 e. The molecule has 0 aliphatic heterocycles. The average molecular weight is 349 g/mol. The summed E-state index contributed by atoms with van der Waals surface area (Å²) in [6.45, 7) is 3.25. The van der Waals surface area contributed by atoms with Crippen LogP contribution in [0, 0.1) is 0 Å². The number of nitrogens with zero attached hydrogens (tertiary/aromatic N) is 1. The van der Waals surface area contributed by atoms with E-state index in [-0.39, 0.29) is 11.8 Å². The van der Waals surface area contributed by atoms with E-state index in [1.165, 1.54) is 18.4 Å². The van der Waals surface area contributed by atoms with Crippen molar-refractivity contribution >= 4 is 23.4 Å². The van der Waals surface area contributed by atoms with Gasteiger partial charge in [-0.05, 0) is 50.3 Å². The minimum Gasteiger partial charge on any atom is -0.350 e. The highest BCUT2D eigenvalue weighted by Gasteiger charge is 2.12. The maximum Gasteiger partial charge on any atom is 0.251 e. The molecule has 1 aromatic rings. The molecule has 0 heterocycles. The normalized spacial score (nSPS) is 14.0. The van der Waals surface area contributed by atoms with Crippen molar-refractivity contribution in [1.82, 2.24) is 10.2 Å². The van der Waals surface area contributed by atoms with Crippen molar-refractivity contribution in [3.05, 3.63) is 46.5 Å². The number of carbonyl (C=O) groups excluding carboxylic acids is 2. The largest absolute Gasteiger partial charge is 0.350 e. The summed E-state index contributed by atoms with van der Waals surface area (Å²) in [6.07, 6.45) is 8.07. The highest BCUT2D eigenvalue weighted by atomic mass is 35.5. The molecule has 4 nitrogen and oxygen atoms in total. The molecule has 0 unspecified atom stereocenters. The van der Waals surface area contributed by atoms with Gasteiger partial charge < -0.3 is 10.2 Å². The SMILES string of the molecule is CC(=O)N(CCNC(=O)c1cccc(Cl)c1)CCC1=CCCCC1. The first-order valence-electron chi connectivity index (χ1n) is 8.53. The van der Waals surface area contributed by atoms with Gasteiger partial charge in [0.1, 0.15) is 0 Å². The molecule has 0 atom stereocenters. The van der Waals surface area contributed by atoms with Crippen molar-refractivity contribution in [2.45, 2.75) is 39.0 Å². The van der Waals surface area contributed by atoms with Crippen LogP contribution < -0.4 is 5.32 Å². The van der Waals surface area contributed by atoms with Crippen molar-refractivity contribution < 1.29 is 9.59 Å². The molecule has 2 amide bonds. The van der Waals surface area contributed by atoms with E-state index in [0.717, 1.165) is 19.3 Å². The summed E-state index contributed by atoms with van der Waals surface area (Å²) in [7, 11) is 0. The zero-order chi connectivity index (χ0) is 17.4. The molecule has 2 rings (SSSR count). The highest BCUT2D eigenvalue weighted by Crippen LogP contribution is 2.20. The van der Waals surface area contributed by atoms with Crippen LogP contribution in [0.4, 0.5) is 0 Å². The van der Waals surface area contributed by atoms with E-state index in [1.54, 1.807) is 36.1 Å². The first-order valence-corrected chi connectivity index (χ1v) is 8.91. The second kappa shape index (κ2) is 9.48. The number of halogens is 1. The van der Waals surface area contributed by atoms with E-state index in [4.69, 9.17) is 11.6 Å². The van der Waals surface area contributed by atoms with Crippen molar-refractivity contribution in [3.8, 4) is 0 Å². The molecule has 5 heteroatoms. The quantitative estimate of drug-likeness (QED) is 0.762. The van der Waals surface area contributed by atoms with E-state index in [1.807, 2.05) is 0 Å². The highest BCUT2D eigenvalue weighted by molar-refractivity contribution is 6.30. The minimum atomic E-state index is -0.170. The van der Waals surface area contributed by atoms with Gasteiger partial charge in [0.15, 0.2) is 0 Å². The Labute approximate surface area is 148 Å². The predicted octanol–water partition coefficient (Wildman–Crippen LogP) is 3.81. The summed E-state index contributed by atoms with van der Waals surface area (Å²) in [5, 5.41) is 3.38. The van der Waals surface area contributed by atoms with Crippen molar-refractivity contribution in [1.29, 1.82) is 0 Å². The zero-order valence-electron chi connectivity index (χ0n) is 14.2. The number of rotatable bonds is 7. The fourth-order valence-corrected chi connectivity index (χ4v) is 3.06. The summed E-state index contributed by atoms with van der Waals surface area (Å²) < 4.78 is 0. The lowest BCUT2D eigenvalue weighted by Crippen LogP contribution is -2.38. The first kappa shape index (κ1) is 18.5. The molecule has 0 saturated carbocycles. The Morgan fingerprint density at radius 3 is 2.75 bits per heavy atom. The van der Waals surface area contributed by atoms with Crippen LogP contribution >= 0.6 is 11.6 Å². The van der Waals surface area contributed by atoms with Crippen LogP contribution in [0.3, 0.4) is 0 Å². The van der Waals surface area contributed by atoms with Gasteiger partial charge >= 0.3 is 0 Å². The summed E-state index contributed by atoms with van der Waals surface area (Å²) in [5.74, 6) is -0.126. The summed E-state index contributed by atoms with van der Waals surface area (Å²) in [4.78, 5) is 25.7. The fraction of sp³-hybridized carbons (Fsp3) is 0.474. The van der Waals surface area contributed by atoms with Crippen LogP contribution in [-0.4, -0.2) is 36.3 Å². The number of hydrogen-bond acceptors (Lipinski definition) is 2. The fourth-order valence-electron chi connectivity index (χ4n) is 2.87. The second-order valence-electron chi connectivity index (χ2n) is 6.13. The molecule has 0 bridgehead atoms. The Kier molecular flexibility index (Phi) is 7.32. The van der Waals surface area contributed by atoms with Crippen LogP contribution in [0.1, 0.15) is 49.4 Å². The van der Waals surface area contributed by atoms with Crippen molar-refractivity contribution in [2.24, 2.45) is 0 Å². The molecule has 1 aliphatic carbocycles. The van der Waals surface area contributed by atoms with Gasteiger partial charge in [-0.15, -0.1) is 0 Å². The van der Waals surface area contributed by atoms with E-state index < -0.39 is 0 Å².